The molecule has 6 heteroatoms. The molecule has 0 saturated carbocycles. The van der Waals surface area contributed by atoms with Crippen LogP contribution in [-0.4, -0.2) is 31.1 Å². The number of ether oxygens (including phenoxy) is 1. The zero-order valence-electron chi connectivity index (χ0n) is 14.1. The summed E-state index contributed by atoms with van der Waals surface area (Å²) in [5.41, 5.74) is 0.986. The van der Waals surface area contributed by atoms with Crippen LogP contribution in [0.1, 0.15) is 39.2 Å². The average Bonchev–Trinajstić information content (AvgIpc) is 2.49. The first kappa shape index (κ1) is 20.9. The number of nitrogens with zero attached hydrogens (tertiary/aromatic N) is 2. The fraction of sp³-hybridized carbons (Fsp3) is 0.625. The molecule has 0 spiro atoms. The molecule has 0 aliphatic rings. The molecule has 0 aliphatic carbocycles. The number of nitrogens with one attached hydrogen (secondary N) is 2. The summed E-state index contributed by atoms with van der Waals surface area (Å²) in [6.07, 6.45) is 4.10. The van der Waals surface area contributed by atoms with Crippen molar-refractivity contribution in [3.8, 4) is 5.88 Å². The van der Waals surface area contributed by atoms with Crippen LogP contribution < -0.4 is 15.4 Å². The molecule has 0 unspecified atom stereocenters. The van der Waals surface area contributed by atoms with Crippen molar-refractivity contribution in [2.24, 2.45) is 10.9 Å². The normalized spacial score (nSPS) is 11.0. The van der Waals surface area contributed by atoms with E-state index >= 15 is 0 Å². The van der Waals surface area contributed by atoms with E-state index in [1.165, 1.54) is 6.42 Å². The molecule has 1 heterocycles. The number of guanidine groups is 1. The quantitative estimate of drug-likeness (QED) is 0.294. The highest BCUT2D eigenvalue weighted by molar-refractivity contribution is 14.0. The number of aromatic nitrogens is 1. The van der Waals surface area contributed by atoms with Crippen LogP contribution in [0.4, 0.5) is 0 Å². The first-order valence-electron chi connectivity index (χ1n) is 7.67. The smallest absolute Gasteiger partial charge is 0.218 e. The first-order chi connectivity index (χ1) is 10.2. The SMILES string of the molecule is CCNC(=NCc1cccnc1OC)NCCCC(C)C.I. The van der Waals surface area contributed by atoms with Crippen LogP contribution >= 0.6 is 24.0 Å². The summed E-state index contributed by atoms with van der Waals surface area (Å²) in [6, 6.07) is 3.88. The summed E-state index contributed by atoms with van der Waals surface area (Å²) in [7, 11) is 1.63. The number of hydrogen-bond acceptors (Lipinski definition) is 3. The molecule has 0 atom stereocenters. The highest BCUT2D eigenvalue weighted by atomic mass is 127. The number of aliphatic imine (C=N–C) groups is 1. The molecule has 0 radical (unpaired) electrons. The van der Waals surface area contributed by atoms with Gasteiger partial charge < -0.3 is 15.4 Å². The van der Waals surface area contributed by atoms with Gasteiger partial charge in [-0.25, -0.2) is 9.98 Å². The highest BCUT2D eigenvalue weighted by Gasteiger charge is 2.03. The van der Waals surface area contributed by atoms with Crippen LogP contribution in [0.2, 0.25) is 0 Å². The Bertz CT molecular complexity index is 438. The maximum Gasteiger partial charge on any atom is 0.218 e. The molecule has 126 valence electrons. The minimum Gasteiger partial charge on any atom is -0.481 e. The van der Waals surface area contributed by atoms with Gasteiger partial charge in [0.1, 0.15) is 0 Å². The summed E-state index contributed by atoms with van der Waals surface area (Å²) >= 11 is 0. The molecule has 5 nitrogen and oxygen atoms in total. The molecule has 0 amide bonds. The lowest BCUT2D eigenvalue weighted by Crippen LogP contribution is -2.37. The summed E-state index contributed by atoms with van der Waals surface area (Å²) in [5.74, 6) is 2.22. The second kappa shape index (κ2) is 12.5. The lowest BCUT2D eigenvalue weighted by molar-refractivity contribution is 0.392. The van der Waals surface area contributed by atoms with Crippen LogP contribution in [0, 0.1) is 5.92 Å². The van der Waals surface area contributed by atoms with E-state index < -0.39 is 0 Å². The van der Waals surface area contributed by atoms with Crippen molar-refractivity contribution in [1.29, 1.82) is 0 Å². The van der Waals surface area contributed by atoms with E-state index in [0.29, 0.717) is 12.4 Å². The molecule has 0 saturated heterocycles. The van der Waals surface area contributed by atoms with E-state index in [1.54, 1.807) is 13.3 Å². The zero-order chi connectivity index (χ0) is 15.5. The maximum absolute atomic E-state index is 5.24. The van der Waals surface area contributed by atoms with E-state index in [9.17, 15) is 0 Å². The second-order valence-electron chi connectivity index (χ2n) is 5.33. The predicted molar refractivity (Wildman–Crippen MR) is 103 cm³/mol. The van der Waals surface area contributed by atoms with Crippen molar-refractivity contribution < 1.29 is 4.74 Å². The van der Waals surface area contributed by atoms with Gasteiger partial charge in [-0.1, -0.05) is 19.9 Å². The molecule has 2 N–H and O–H groups in total. The third-order valence-electron chi connectivity index (χ3n) is 3.05. The third-order valence-corrected chi connectivity index (χ3v) is 3.05. The van der Waals surface area contributed by atoms with Crippen LogP contribution in [0.3, 0.4) is 0 Å². The molecular weight excluding hydrogens is 391 g/mol. The summed E-state index contributed by atoms with van der Waals surface area (Å²) in [6.45, 7) is 8.89. The maximum atomic E-state index is 5.24. The lowest BCUT2D eigenvalue weighted by Gasteiger charge is -2.12. The fourth-order valence-corrected chi connectivity index (χ4v) is 1.95. The van der Waals surface area contributed by atoms with Crippen LogP contribution in [-0.2, 0) is 6.54 Å². The number of methoxy groups -OCH3 is 1. The average molecular weight is 420 g/mol. The standard InChI is InChI=1S/C16H28N4O.HI/c1-5-17-16(19-11-6-8-13(2)3)20-12-14-9-7-10-18-15(14)21-4;/h7,9-10,13H,5-6,8,11-12H2,1-4H3,(H2,17,19,20);1H. The highest BCUT2D eigenvalue weighted by Crippen LogP contribution is 2.14. The molecule has 0 fully saturated rings. The van der Waals surface area contributed by atoms with Gasteiger partial charge in [-0.3, -0.25) is 0 Å². The van der Waals surface area contributed by atoms with Gasteiger partial charge in [0.2, 0.25) is 5.88 Å². The summed E-state index contributed by atoms with van der Waals surface area (Å²) in [5, 5.41) is 6.62. The minimum absolute atomic E-state index is 0. The monoisotopic (exact) mass is 420 g/mol. The van der Waals surface area contributed by atoms with Gasteiger partial charge in [-0.05, 0) is 31.7 Å². The Kier molecular flexibility index (Phi) is 11.9. The van der Waals surface area contributed by atoms with E-state index in [0.717, 1.165) is 37.0 Å². The molecule has 0 aromatic carbocycles. The van der Waals surface area contributed by atoms with Crippen molar-refractivity contribution in [2.75, 3.05) is 20.2 Å². The van der Waals surface area contributed by atoms with Gasteiger partial charge in [0.15, 0.2) is 5.96 Å². The van der Waals surface area contributed by atoms with Gasteiger partial charge >= 0.3 is 0 Å². The van der Waals surface area contributed by atoms with Crippen molar-refractivity contribution in [2.45, 2.75) is 40.2 Å². The van der Waals surface area contributed by atoms with Crippen molar-refractivity contribution >= 4 is 29.9 Å². The number of halogens is 1. The summed E-state index contributed by atoms with van der Waals surface area (Å²) < 4.78 is 5.24. The lowest BCUT2D eigenvalue weighted by atomic mass is 10.1. The van der Waals surface area contributed by atoms with Gasteiger partial charge in [0.25, 0.3) is 0 Å². The van der Waals surface area contributed by atoms with Crippen LogP contribution in [0.15, 0.2) is 23.3 Å². The molecule has 0 bridgehead atoms. The number of hydrogen-bond donors (Lipinski definition) is 2. The Hall–Kier alpha value is -1.05. The minimum atomic E-state index is 0. The van der Waals surface area contributed by atoms with Gasteiger partial charge in [-0.2, -0.15) is 0 Å². The van der Waals surface area contributed by atoms with E-state index in [4.69, 9.17) is 4.74 Å². The van der Waals surface area contributed by atoms with Gasteiger partial charge in [0, 0.05) is 24.8 Å². The second-order valence-corrected chi connectivity index (χ2v) is 5.33. The van der Waals surface area contributed by atoms with Crippen LogP contribution in [0.25, 0.3) is 0 Å². The molecule has 1 rings (SSSR count). The first-order valence-corrected chi connectivity index (χ1v) is 7.67. The Morgan fingerprint density at radius 3 is 2.77 bits per heavy atom. The largest absolute Gasteiger partial charge is 0.481 e. The predicted octanol–water partition coefficient (Wildman–Crippen LogP) is 3.20. The molecule has 22 heavy (non-hydrogen) atoms. The molecular formula is C16H29IN4O. The number of rotatable bonds is 8. The van der Waals surface area contributed by atoms with Crippen molar-refractivity contribution in [3.63, 3.8) is 0 Å². The fourth-order valence-electron chi connectivity index (χ4n) is 1.95. The Morgan fingerprint density at radius 2 is 2.14 bits per heavy atom. The van der Waals surface area contributed by atoms with E-state index in [-0.39, 0.29) is 24.0 Å². The topological polar surface area (TPSA) is 58.5 Å². The molecule has 0 aliphatic heterocycles. The Morgan fingerprint density at radius 1 is 1.36 bits per heavy atom. The Balaban J connectivity index is 0.00000441. The zero-order valence-corrected chi connectivity index (χ0v) is 16.4. The summed E-state index contributed by atoms with van der Waals surface area (Å²) in [4.78, 5) is 8.77. The van der Waals surface area contributed by atoms with E-state index in [2.05, 4.69) is 41.4 Å². The van der Waals surface area contributed by atoms with Crippen molar-refractivity contribution in [3.05, 3.63) is 23.9 Å². The Labute approximate surface area is 151 Å². The van der Waals surface area contributed by atoms with E-state index in [1.807, 2.05) is 12.1 Å². The van der Waals surface area contributed by atoms with Crippen molar-refractivity contribution in [1.82, 2.24) is 15.6 Å². The molecule has 1 aromatic heterocycles. The van der Waals surface area contributed by atoms with Gasteiger partial charge in [-0.15, -0.1) is 24.0 Å². The third kappa shape index (κ3) is 8.41. The number of pyridine rings is 1. The van der Waals surface area contributed by atoms with Gasteiger partial charge in [0.05, 0.1) is 13.7 Å². The van der Waals surface area contributed by atoms with Crippen LogP contribution in [0.5, 0.6) is 5.88 Å². The molecule has 1 aromatic rings.